The van der Waals surface area contributed by atoms with Gasteiger partial charge in [-0.2, -0.15) is 0 Å². The van der Waals surface area contributed by atoms with Crippen LogP contribution in [0, 0.1) is 0 Å². The number of nitrogen functional groups attached to an aromatic ring is 1. The molecule has 3 aliphatic rings. The monoisotopic (exact) mass is 359 g/mol. The summed E-state index contributed by atoms with van der Waals surface area (Å²) >= 11 is 0. The number of rotatable bonds is 3. The number of benzene rings is 1. The van der Waals surface area contributed by atoms with Crippen LogP contribution in [-0.4, -0.2) is 36.1 Å². The number of halogens is 1. The largest absolute Gasteiger partial charge is 0.397 e. The van der Waals surface area contributed by atoms with Gasteiger partial charge in [0.25, 0.3) is 5.91 Å². The predicted octanol–water partition coefficient (Wildman–Crippen LogP) is 2.28. The number of amides is 1. The van der Waals surface area contributed by atoms with Crippen LogP contribution in [0.4, 0.5) is 17.2 Å². The Morgan fingerprint density at radius 3 is 2.68 bits per heavy atom. The minimum atomic E-state index is -0.200. The highest BCUT2D eigenvalue weighted by Crippen LogP contribution is 2.27. The maximum absolute atomic E-state index is 12.4. The van der Waals surface area contributed by atoms with Crippen LogP contribution in [-0.2, 0) is 0 Å². The van der Waals surface area contributed by atoms with Crippen LogP contribution in [0.2, 0.25) is 0 Å². The smallest absolute Gasteiger partial charge is 0.257 e. The van der Waals surface area contributed by atoms with Crippen molar-refractivity contribution in [2.75, 3.05) is 29.0 Å². The van der Waals surface area contributed by atoms with Crippen molar-refractivity contribution >= 4 is 35.5 Å². The van der Waals surface area contributed by atoms with Crippen molar-refractivity contribution in [3.05, 3.63) is 48.2 Å². The van der Waals surface area contributed by atoms with Crippen molar-refractivity contribution in [1.82, 2.24) is 10.3 Å². The third kappa shape index (κ3) is 3.55. The van der Waals surface area contributed by atoms with Gasteiger partial charge in [0.05, 0.1) is 16.9 Å². The first kappa shape index (κ1) is 17.5. The van der Waals surface area contributed by atoms with Crippen molar-refractivity contribution in [2.45, 2.75) is 24.9 Å². The number of nitrogens with zero attached hydrogens (tertiary/aromatic N) is 2. The van der Waals surface area contributed by atoms with E-state index in [0.29, 0.717) is 29.0 Å². The molecule has 2 aromatic rings. The zero-order valence-electron chi connectivity index (χ0n) is 13.8. The summed E-state index contributed by atoms with van der Waals surface area (Å²) in [6, 6.07) is 12.0. The molecule has 6 nitrogen and oxygen atoms in total. The molecule has 132 valence electrons. The zero-order chi connectivity index (χ0) is 16.5. The van der Waals surface area contributed by atoms with Gasteiger partial charge in [0.15, 0.2) is 0 Å². The summed E-state index contributed by atoms with van der Waals surface area (Å²) in [4.78, 5) is 19.2. The molecule has 1 aromatic carbocycles. The van der Waals surface area contributed by atoms with Crippen molar-refractivity contribution in [3.8, 4) is 0 Å². The fourth-order valence-electron chi connectivity index (χ4n) is 3.48. The van der Waals surface area contributed by atoms with E-state index < -0.39 is 0 Å². The number of piperidine rings is 2. The normalized spacial score (nSPS) is 21.5. The highest BCUT2D eigenvalue weighted by molar-refractivity contribution is 6.05. The Morgan fingerprint density at radius 1 is 1.24 bits per heavy atom. The molecule has 4 N–H and O–H groups in total. The summed E-state index contributed by atoms with van der Waals surface area (Å²) in [5.74, 6) is 0.746. The number of fused-ring (bicyclic) bond motifs is 3. The van der Waals surface area contributed by atoms with E-state index in [0.717, 1.165) is 18.9 Å². The number of nitrogens with one attached hydrogen (secondary N) is 2. The molecule has 0 saturated carbocycles. The van der Waals surface area contributed by atoms with Crippen LogP contribution < -0.4 is 21.3 Å². The van der Waals surface area contributed by atoms with E-state index in [-0.39, 0.29) is 18.3 Å². The van der Waals surface area contributed by atoms with Gasteiger partial charge >= 0.3 is 0 Å². The van der Waals surface area contributed by atoms with E-state index in [1.165, 1.54) is 12.8 Å². The zero-order valence-corrected chi connectivity index (χ0v) is 14.6. The lowest BCUT2D eigenvalue weighted by Gasteiger charge is -2.46. The molecule has 1 amide bonds. The van der Waals surface area contributed by atoms with Crippen molar-refractivity contribution in [1.29, 1.82) is 0 Å². The third-order valence-electron chi connectivity index (χ3n) is 4.86. The van der Waals surface area contributed by atoms with Crippen LogP contribution in [0.25, 0.3) is 0 Å². The van der Waals surface area contributed by atoms with Gasteiger partial charge in [-0.05, 0) is 37.1 Å². The first-order chi connectivity index (χ1) is 11.7. The van der Waals surface area contributed by atoms with Crippen molar-refractivity contribution < 1.29 is 4.79 Å². The highest BCUT2D eigenvalue weighted by Gasteiger charge is 2.33. The molecule has 0 spiro atoms. The molecular formula is C18H22ClN5O. The topological polar surface area (TPSA) is 83.3 Å². The number of carbonyl (C=O) groups excluding carboxylic acids is 1. The van der Waals surface area contributed by atoms with Gasteiger partial charge in [-0.15, -0.1) is 12.4 Å². The second kappa shape index (κ2) is 7.29. The van der Waals surface area contributed by atoms with E-state index in [1.54, 1.807) is 18.3 Å². The predicted molar refractivity (Wildman–Crippen MR) is 102 cm³/mol. The average molecular weight is 360 g/mol. The summed E-state index contributed by atoms with van der Waals surface area (Å²) in [5.41, 5.74) is 7.56. The van der Waals surface area contributed by atoms with E-state index in [2.05, 4.69) is 20.5 Å². The minimum Gasteiger partial charge on any atom is -0.397 e. The molecule has 0 aliphatic carbocycles. The van der Waals surface area contributed by atoms with Crippen molar-refractivity contribution in [3.63, 3.8) is 0 Å². The van der Waals surface area contributed by atoms with Crippen LogP contribution >= 0.6 is 12.4 Å². The average Bonchev–Trinajstić information content (AvgIpc) is 2.64. The molecule has 5 rings (SSSR count). The van der Waals surface area contributed by atoms with Crippen LogP contribution in [0.3, 0.4) is 0 Å². The number of hydrogen-bond acceptors (Lipinski definition) is 5. The second-order valence-corrected chi connectivity index (χ2v) is 6.44. The fourth-order valence-corrected chi connectivity index (χ4v) is 3.48. The van der Waals surface area contributed by atoms with E-state index in [9.17, 15) is 4.79 Å². The Bertz CT molecular complexity index is 743. The second-order valence-electron chi connectivity index (χ2n) is 6.44. The SMILES string of the molecule is Cl.Nc1ccccc1NC(=O)c1ccc(N2C[C@H]3CC[C@@H]2CN3)nc1. The first-order valence-electron chi connectivity index (χ1n) is 8.32. The number of hydrogen-bond donors (Lipinski definition) is 3. The molecule has 4 heterocycles. The molecule has 3 aliphatic heterocycles. The molecule has 2 atom stereocenters. The number of piperazine rings is 1. The molecular weight excluding hydrogens is 338 g/mol. The molecule has 0 unspecified atom stereocenters. The molecule has 0 radical (unpaired) electrons. The maximum Gasteiger partial charge on any atom is 0.257 e. The van der Waals surface area contributed by atoms with Crippen molar-refractivity contribution in [2.24, 2.45) is 0 Å². The lowest BCUT2D eigenvalue weighted by molar-refractivity contribution is 0.102. The number of para-hydroxylation sites is 2. The summed E-state index contributed by atoms with van der Waals surface area (Å²) in [6.07, 6.45) is 4.08. The highest BCUT2D eigenvalue weighted by atomic mass is 35.5. The summed E-state index contributed by atoms with van der Waals surface area (Å²) in [6.45, 7) is 2.01. The Labute approximate surface area is 153 Å². The Balaban J connectivity index is 0.00000182. The Hall–Kier alpha value is -2.31. The summed E-state index contributed by atoms with van der Waals surface area (Å²) < 4.78 is 0. The third-order valence-corrected chi connectivity index (χ3v) is 4.86. The van der Waals surface area contributed by atoms with Gasteiger partial charge in [-0.25, -0.2) is 4.98 Å². The standard InChI is InChI=1S/C18H21N5O.ClH/c19-15-3-1-2-4-16(15)22-18(24)12-5-8-17(21-9-12)23-11-13-6-7-14(23)10-20-13;/h1-5,8-9,13-14,20H,6-7,10-11,19H2,(H,22,24);1H/t13-,14-;/m1./s1. The number of pyridine rings is 1. The quantitative estimate of drug-likeness (QED) is 0.732. The Kier molecular flexibility index (Phi) is 5.11. The number of nitrogens with two attached hydrogens (primary N) is 1. The fraction of sp³-hybridized carbons (Fsp3) is 0.333. The minimum absolute atomic E-state index is 0. The molecule has 25 heavy (non-hydrogen) atoms. The van der Waals surface area contributed by atoms with Gasteiger partial charge in [0.2, 0.25) is 0 Å². The summed E-state index contributed by atoms with van der Waals surface area (Å²) in [5, 5.41) is 6.36. The molecule has 1 aromatic heterocycles. The molecule has 3 saturated heterocycles. The molecule has 3 fully saturated rings. The summed E-state index contributed by atoms with van der Waals surface area (Å²) in [7, 11) is 0. The lowest BCUT2D eigenvalue weighted by Crippen LogP contribution is -2.61. The number of carbonyl (C=O) groups is 1. The van der Waals surface area contributed by atoms with Gasteiger partial charge < -0.3 is 21.3 Å². The van der Waals surface area contributed by atoms with Crippen LogP contribution in [0.5, 0.6) is 0 Å². The van der Waals surface area contributed by atoms with E-state index >= 15 is 0 Å². The number of anilines is 3. The molecule has 2 bridgehead atoms. The Morgan fingerprint density at radius 2 is 2.08 bits per heavy atom. The maximum atomic E-state index is 12.4. The number of aromatic nitrogens is 1. The van der Waals surface area contributed by atoms with Gasteiger partial charge in [0.1, 0.15) is 5.82 Å². The van der Waals surface area contributed by atoms with E-state index in [4.69, 9.17) is 5.73 Å². The van der Waals surface area contributed by atoms with Gasteiger partial charge in [-0.3, -0.25) is 4.79 Å². The van der Waals surface area contributed by atoms with Gasteiger partial charge in [0, 0.05) is 31.4 Å². The van der Waals surface area contributed by atoms with E-state index in [1.807, 2.05) is 24.3 Å². The van der Waals surface area contributed by atoms with Crippen LogP contribution in [0.15, 0.2) is 42.6 Å². The van der Waals surface area contributed by atoms with Crippen LogP contribution in [0.1, 0.15) is 23.2 Å². The first-order valence-corrected chi connectivity index (χ1v) is 8.32. The molecule has 7 heteroatoms. The lowest BCUT2D eigenvalue weighted by atomic mass is 9.93. The van der Waals surface area contributed by atoms with Gasteiger partial charge in [-0.1, -0.05) is 12.1 Å².